The van der Waals surface area contributed by atoms with Crippen LogP contribution >= 0.6 is 48.0 Å². The van der Waals surface area contributed by atoms with Gasteiger partial charge in [0.1, 0.15) is 5.82 Å². The number of nitrogens with zero attached hydrogens (tertiary/aromatic N) is 5. The lowest BCUT2D eigenvalue weighted by Gasteiger charge is -2.24. The van der Waals surface area contributed by atoms with E-state index in [2.05, 4.69) is 43.9 Å². The Balaban J connectivity index is 0.00000420. The molecule has 7 nitrogen and oxygen atoms in total. The molecule has 168 valence electrons. The molecule has 30 heavy (non-hydrogen) atoms. The second-order valence-electron chi connectivity index (χ2n) is 6.37. The van der Waals surface area contributed by atoms with Gasteiger partial charge in [-0.2, -0.15) is 9.98 Å². The first-order valence-electron chi connectivity index (χ1n) is 9.17. The number of aliphatic imine (C=N–C) groups is 1. The van der Waals surface area contributed by atoms with Crippen LogP contribution in [0.1, 0.15) is 19.5 Å². The smallest absolute Gasteiger partial charge is 0.254 e. The van der Waals surface area contributed by atoms with Gasteiger partial charge in [-0.1, -0.05) is 37.0 Å². The molecule has 0 saturated heterocycles. The van der Waals surface area contributed by atoms with E-state index >= 15 is 0 Å². The van der Waals surface area contributed by atoms with Crippen molar-refractivity contribution in [3.8, 4) is 0 Å². The predicted octanol–water partition coefficient (Wildman–Crippen LogP) is 4.77. The second kappa shape index (κ2) is 13.7. The first-order chi connectivity index (χ1) is 13.3. The Labute approximate surface area is 200 Å². The summed E-state index contributed by atoms with van der Waals surface area (Å²) in [6, 6.07) is 7.06. The van der Waals surface area contributed by atoms with Gasteiger partial charge in [-0.05, 0) is 38.2 Å². The molecule has 0 aliphatic carbocycles. The van der Waals surface area contributed by atoms with Crippen LogP contribution in [0, 0.1) is 6.92 Å². The molecular formula is C19H29Cl4N7. The standard InChI is InChI=1S/C19H27Cl2N7.2ClH/c1-5-28(6-2)10-9-27(4)17-11-13(3)23-19(25-17)26-18(22)24-14-7-8-15(20)16(21)12-14;;/h7-8,11-12H,5-6,9-10H2,1-4H3,(H3,22,23,24,25,26);2*1H. The Morgan fingerprint density at radius 3 is 2.33 bits per heavy atom. The number of hydrogen-bond acceptors (Lipinski definition) is 5. The number of anilines is 2. The van der Waals surface area contributed by atoms with Crippen LogP contribution < -0.4 is 16.0 Å². The van der Waals surface area contributed by atoms with E-state index < -0.39 is 0 Å². The minimum absolute atomic E-state index is 0. The molecule has 0 radical (unpaired) electrons. The molecule has 1 aromatic carbocycles. The maximum absolute atomic E-state index is 6.02. The van der Waals surface area contributed by atoms with E-state index in [0.717, 1.165) is 37.7 Å². The fourth-order valence-electron chi connectivity index (χ4n) is 2.59. The SMILES string of the molecule is CCN(CC)CCN(C)c1cc(C)nc(/N=C(\N)Nc2ccc(Cl)c(Cl)c2)n1.Cl.Cl. The van der Waals surface area contributed by atoms with Crippen molar-refractivity contribution in [3.63, 3.8) is 0 Å². The molecule has 2 rings (SSSR count). The molecule has 0 bridgehead atoms. The van der Waals surface area contributed by atoms with Crippen molar-refractivity contribution >= 4 is 71.4 Å². The van der Waals surface area contributed by atoms with E-state index in [1.807, 2.05) is 20.0 Å². The predicted molar refractivity (Wildman–Crippen MR) is 134 cm³/mol. The number of halogens is 4. The normalized spacial score (nSPS) is 11.0. The number of nitrogens with one attached hydrogen (secondary N) is 1. The largest absolute Gasteiger partial charge is 0.369 e. The summed E-state index contributed by atoms with van der Waals surface area (Å²) in [5, 5.41) is 3.87. The highest BCUT2D eigenvalue weighted by Crippen LogP contribution is 2.25. The average Bonchev–Trinajstić information content (AvgIpc) is 2.64. The fraction of sp³-hybridized carbons (Fsp3) is 0.421. The summed E-state index contributed by atoms with van der Waals surface area (Å²) in [5.41, 5.74) is 7.50. The fourth-order valence-corrected chi connectivity index (χ4v) is 2.88. The van der Waals surface area contributed by atoms with E-state index in [1.165, 1.54) is 0 Å². The molecule has 0 atom stereocenters. The molecule has 1 aromatic heterocycles. The Bertz CT molecular complexity index is 829. The molecule has 0 aliphatic heterocycles. The van der Waals surface area contributed by atoms with Crippen molar-refractivity contribution in [2.45, 2.75) is 20.8 Å². The second-order valence-corrected chi connectivity index (χ2v) is 7.18. The minimum Gasteiger partial charge on any atom is -0.369 e. The van der Waals surface area contributed by atoms with E-state index in [9.17, 15) is 0 Å². The van der Waals surface area contributed by atoms with Crippen molar-refractivity contribution in [2.24, 2.45) is 10.7 Å². The molecular weight excluding hydrogens is 468 g/mol. The zero-order chi connectivity index (χ0) is 20.7. The van der Waals surface area contributed by atoms with Gasteiger partial charge in [-0.15, -0.1) is 24.8 Å². The Kier molecular flexibility index (Phi) is 13.0. The third kappa shape index (κ3) is 8.70. The highest BCUT2D eigenvalue weighted by Gasteiger charge is 2.09. The summed E-state index contributed by atoms with van der Waals surface area (Å²) in [6.45, 7) is 10.1. The summed E-state index contributed by atoms with van der Waals surface area (Å²) in [4.78, 5) is 17.6. The number of benzene rings is 1. The first kappa shape index (κ1) is 28.5. The monoisotopic (exact) mass is 495 g/mol. The van der Waals surface area contributed by atoms with Gasteiger partial charge in [0.2, 0.25) is 5.96 Å². The van der Waals surface area contributed by atoms with E-state index in [-0.39, 0.29) is 30.8 Å². The molecule has 0 aliphatic rings. The molecule has 0 spiro atoms. The molecule has 0 fully saturated rings. The van der Waals surface area contributed by atoms with Crippen LogP contribution in [-0.4, -0.2) is 54.1 Å². The third-order valence-electron chi connectivity index (χ3n) is 4.28. The molecule has 1 heterocycles. The van der Waals surface area contributed by atoms with Crippen LogP contribution in [0.25, 0.3) is 0 Å². The van der Waals surface area contributed by atoms with Gasteiger partial charge in [0, 0.05) is 37.6 Å². The van der Waals surface area contributed by atoms with Crippen LogP contribution in [0.15, 0.2) is 29.3 Å². The molecule has 0 unspecified atom stereocenters. The third-order valence-corrected chi connectivity index (χ3v) is 5.02. The van der Waals surface area contributed by atoms with E-state index in [4.69, 9.17) is 28.9 Å². The van der Waals surface area contributed by atoms with Gasteiger partial charge in [0.05, 0.1) is 10.0 Å². The zero-order valence-electron chi connectivity index (χ0n) is 17.5. The van der Waals surface area contributed by atoms with Crippen molar-refractivity contribution in [1.82, 2.24) is 14.9 Å². The summed E-state index contributed by atoms with van der Waals surface area (Å²) < 4.78 is 0. The Morgan fingerprint density at radius 1 is 1.07 bits per heavy atom. The Hall–Kier alpha value is -1.51. The molecule has 2 aromatic rings. The molecule has 0 saturated carbocycles. The number of aromatic nitrogens is 2. The number of aryl methyl sites for hydroxylation is 1. The van der Waals surface area contributed by atoms with Crippen LogP contribution in [0.3, 0.4) is 0 Å². The van der Waals surface area contributed by atoms with Crippen molar-refractivity contribution in [1.29, 1.82) is 0 Å². The lowest BCUT2D eigenvalue weighted by Crippen LogP contribution is -2.33. The van der Waals surface area contributed by atoms with Gasteiger partial charge in [-0.3, -0.25) is 0 Å². The number of guanidine groups is 1. The van der Waals surface area contributed by atoms with Crippen LogP contribution in [0.2, 0.25) is 10.0 Å². The number of nitrogens with two attached hydrogens (primary N) is 1. The van der Waals surface area contributed by atoms with Crippen LogP contribution in [-0.2, 0) is 0 Å². The first-order valence-corrected chi connectivity index (χ1v) is 9.93. The number of hydrogen-bond donors (Lipinski definition) is 2. The van der Waals surface area contributed by atoms with Gasteiger partial charge in [-0.25, -0.2) is 4.98 Å². The molecule has 11 heteroatoms. The van der Waals surface area contributed by atoms with Crippen LogP contribution in [0.4, 0.5) is 17.5 Å². The van der Waals surface area contributed by atoms with Gasteiger partial charge >= 0.3 is 0 Å². The Morgan fingerprint density at radius 2 is 1.73 bits per heavy atom. The molecule has 0 amide bonds. The summed E-state index contributed by atoms with van der Waals surface area (Å²) >= 11 is 11.9. The lowest BCUT2D eigenvalue weighted by atomic mass is 10.3. The maximum Gasteiger partial charge on any atom is 0.254 e. The summed E-state index contributed by atoms with van der Waals surface area (Å²) in [7, 11) is 2.01. The summed E-state index contributed by atoms with van der Waals surface area (Å²) in [6.07, 6.45) is 0. The van der Waals surface area contributed by atoms with E-state index in [1.54, 1.807) is 18.2 Å². The topological polar surface area (TPSA) is 82.7 Å². The van der Waals surface area contributed by atoms with Crippen LogP contribution in [0.5, 0.6) is 0 Å². The average molecular weight is 497 g/mol. The summed E-state index contributed by atoms with van der Waals surface area (Å²) in [5.74, 6) is 1.27. The lowest BCUT2D eigenvalue weighted by molar-refractivity contribution is 0.311. The van der Waals surface area contributed by atoms with Crippen molar-refractivity contribution in [2.75, 3.05) is 43.4 Å². The van der Waals surface area contributed by atoms with Gasteiger partial charge < -0.3 is 20.9 Å². The highest BCUT2D eigenvalue weighted by atomic mass is 35.5. The minimum atomic E-state index is 0. The van der Waals surface area contributed by atoms with Crippen molar-refractivity contribution in [3.05, 3.63) is 40.0 Å². The van der Waals surface area contributed by atoms with Gasteiger partial charge in [0.15, 0.2) is 0 Å². The highest BCUT2D eigenvalue weighted by molar-refractivity contribution is 6.42. The molecule has 3 N–H and O–H groups in total. The van der Waals surface area contributed by atoms with Crippen molar-refractivity contribution < 1.29 is 0 Å². The van der Waals surface area contributed by atoms with E-state index in [0.29, 0.717) is 21.7 Å². The number of rotatable bonds is 8. The maximum atomic E-state index is 6.02. The quantitative estimate of drug-likeness (QED) is 0.404. The zero-order valence-corrected chi connectivity index (χ0v) is 20.7. The number of likely N-dealkylation sites (N-methyl/N-ethyl adjacent to an activating group) is 2. The van der Waals surface area contributed by atoms with Gasteiger partial charge in [0.25, 0.3) is 5.95 Å².